The Morgan fingerprint density at radius 1 is 1.65 bits per heavy atom. The van der Waals surface area contributed by atoms with Gasteiger partial charge in [0.1, 0.15) is 5.69 Å². The predicted octanol–water partition coefficient (Wildman–Crippen LogP) is 3.74. The number of halogens is 4. The van der Waals surface area contributed by atoms with Crippen molar-refractivity contribution in [3.63, 3.8) is 0 Å². The van der Waals surface area contributed by atoms with Gasteiger partial charge in [-0.1, -0.05) is 27.5 Å². The number of pyridine rings is 1. The van der Waals surface area contributed by atoms with E-state index in [0.717, 1.165) is 6.07 Å². The monoisotopic (exact) mass is 327 g/mol. The lowest BCUT2D eigenvalue weighted by molar-refractivity contribution is 0.0518. The first kappa shape index (κ1) is 14.3. The second-order valence-electron chi connectivity index (χ2n) is 3.02. The van der Waals surface area contributed by atoms with Crippen molar-refractivity contribution in [3.8, 4) is 0 Å². The number of hydrogen-bond acceptors (Lipinski definition) is 3. The van der Waals surface area contributed by atoms with Crippen LogP contribution in [-0.4, -0.2) is 17.6 Å². The van der Waals surface area contributed by atoms with Crippen LogP contribution in [-0.2, 0) is 10.1 Å². The lowest BCUT2D eigenvalue weighted by Crippen LogP contribution is -2.11. The highest BCUT2D eigenvalue weighted by molar-refractivity contribution is 9.08. The lowest BCUT2D eigenvalue weighted by Gasteiger charge is -2.09. The van der Waals surface area contributed by atoms with Crippen LogP contribution in [0.2, 0.25) is 5.02 Å². The molecular formula is C10H9BrClF2NO2. The molecule has 0 saturated carbocycles. The normalized spacial score (nSPS) is 10.7. The second-order valence-corrected chi connectivity index (χ2v) is 3.96. The topological polar surface area (TPSA) is 39.2 Å². The molecule has 0 fully saturated rings. The predicted molar refractivity (Wildman–Crippen MR) is 62.8 cm³/mol. The zero-order valence-electron chi connectivity index (χ0n) is 8.84. The van der Waals surface area contributed by atoms with Crippen molar-refractivity contribution in [2.45, 2.75) is 18.7 Å². The third-order valence-electron chi connectivity index (χ3n) is 1.89. The Labute approximate surface area is 110 Å². The molecule has 0 N–H and O–H groups in total. The molecule has 0 aliphatic heterocycles. The van der Waals surface area contributed by atoms with Crippen LogP contribution in [0.25, 0.3) is 0 Å². The zero-order chi connectivity index (χ0) is 13.0. The smallest absolute Gasteiger partial charge is 0.358 e. The van der Waals surface area contributed by atoms with E-state index in [1.54, 1.807) is 6.92 Å². The van der Waals surface area contributed by atoms with E-state index in [2.05, 4.69) is 20.9 Å². The van der Waals surface area contributed by atoms with Gasteiger partial charge < -0.3 is 4.74 Å². The van der Waals surface area contributed by atoms with Crippen LogP contribution in [0.3, 0.4) is 0 Å². The number of alkyl halides is 3. The summed E-state index contributed by atoms with van der Waals surface area (Å²) in [4.78, 5) is 15.0. The minimum absolute atomic E-state index is 0.0322. The fraction of sp³-hybridized carbons (Fsp3) is 0.400. The molecule has 1 aromatic rings. The van der Waals surface area contributed by atoms with Crippen molar-refractivity contribution in [2.75, 3.05) is 6.61 Å². The Morgan fingerprint density at radius 3 is 2.76 bits per heavy atom. The number of carbonyl (C=O) groups excluding carboxylic acids is 1. The van der Waals surface area contributed by atoms with Gasteiger partial charge in [-0.2, -0.15) is 0 Å². The van der Waals surface area contributed by atoms with Gasteiger partial charge in [0.15, 0.2) is 5.69 Å². The Bertz CT molecular complexity index is 429. The highest BCUT2D eigenvalue weighted by Crippen LogP contribution is 2.27. The first-order chi connectivity index (χ1) is 8.01. The van der Waals surface area contributed by atoms with Gasteiger partial charge in [-0.05, 0) is 18.6 Å². The molecule has 7 heteroatoms. The molecule has 0 unspecified atom stereocenters. The van der Waals surface area contributed by atoms with E-state index in [1.165, 1.54) is 0 Å². The molecule has 0 spiro atoms. The van der Waals surface area contributed by atoms with E-state index in [9.17, 15) is 13.6 Å². The molecule has 0 aliphatic rings. The van der Waals surface area contributed by atoms with Gasteiger partial charge in [-0.3, -0.25) is 0 Å². The number of carbonyl (C=O) groups is 1. The third kappa shape index (κ3) is 3.35. The van der Waals surface area contributed by atoms with E-state index < -0.39 is 18.1 Å². The maximum Gasteiger partial charge on any atom is 0.358 e. The molecule has 0 atom stereocenters. The summed E-state index contributed by atoms with van der Waals surface area (Å²) in [6.45, 7) is 1.73. The van der Waals surface area contributed by atoms with Gasteiger partial charge in [-0.15, -0.1) is 0 Å². The van der Waals surface area contributed by atoms with Gasteiger partial charge >= 0.3 is 5.97 Å². The van der Waals surface area contributed by atoms with E-state index >= 15 is 0 Å². The first-order valence-electron chi connectivity index (χ1n) is 4.71. The highest BCUT2D eigenvalue weighted by atomic mass is 79.9. The van der Waals surface area contributed by atoms with Crippen LogP contribution in [0.1, 0.15) is 35.1 Å². The molecule has 17 heavy (non-hydrogen) atoms. The van der Waals surface area contributed by atoms with Crippen molar-refractivity contribution >= 4 is 33.5 Å². The molecule has 0 aromatic carbocycles. The van der Waals surface area contributed by atoms with Crippen molar-refractivity contribution in [2.24, 2.45) is 0 Å². The number of ether oxygens (including phenoxy) is 1. The molecule has 1 aromatic heterocycles. The maximum absolute atomic E-state index is 12.6. The largest absolute Gasteiger partial charge is 0.461 e. The molecule has 0 amide bonds. The molecular weight excluding hydrogens is 319 g/mol. The van der Waals surface area contributed by atoms with Crippen molar-refractivity contribution in [1.29, 1.82) is 0 Å². The highest BCUT2D eigenvalue weighted by Gasteiger charge is 2.21. The van der Waals surface area contributed by atoms with Gasteiger partial charge in [0.25, 0.3) is 6.43 Å². The fourth-order valence-corrected chi connectivity index (χ4v) is 1.99. The zero-order valence-corrected chi connectivity index (χ0v) is 11.2. The quantitative estimate of drug-likeness (QED) is 0.624. The van der Waals surface area contributed by atoms with E-state index in [-0.39, 0.29) is 22.7 Å². The Kier molecular flexibility index (Phi) is 5.27. The number of esters is 1. The molecule has 0 saturated heterocycles. The fourth-order valence-electron chi connectivity index (χ4n) is 1.15. The van der Waals surface area contributed by atoms with Gasteiger partial charge in [0.2, 0.25) is 0 Å². The minimum Gasteiger partial charge on any atom is -0.461 e. The number of aromatic nitrogens is 1. The summed E-state index contributed by atoms with van der Waals surface area (Å²) in [7, 11) is 0. The number of nitrogens with zero attached hydrogens (tertiary/aromatic N) is 1. The maximum atomic E-state index is 12.6. The van der Waals surface area contributed by atoms with Gasteiger partial charge in [0, 0.05) is 5.33 Å². The Hall–Kier alpha value is -0.750. The summed E-state index contributed by atoms with van der Waals surface area (Å²) in [5, 5.41) is 0.283. The number of rotatable bonds is 4. The molecule has 0 bridgehead atoms. The molecule has 94 valence electrons. The van der Waals surface area contributed by atoms with Gasteiger partial charge in [0.05, 0.1) is 11.6 Å². The van der Waals surface area contributed by atoms with Crippen LogP contribution in [0.15, 0.2) is 6.07 Å². The van der Waals surface area contributed by atoms with Crippen molar-refractivity contribution < 1.29 is 18.3 Å². The Balaban J connectivity index is 3.27. The average molecular weight is 329 g/mol. The first-order valence-corrected chi connectivity index (χ1v) is 6.21. The molecule has 1 rings (SSSR count). The lowest BCUT2D eigenvalue weighted by atomic mass is 10.2. The van der Waals surface area contributed by atoms with Crippen LogP contribution in [0, 0.1) is 0 Å². The summed E-state index contributed by atoms with van der Waals surface area (Å²) in [5.74, 6) is -0.804. The van der Waals surface area contributed by atoms with E-state index in [4.69, 9.17) is 16.3 Å². The van der Waals surface area contributed by atoms with Crippen molar-refractivity contribution in [3.05, 3.63) is 28.0 Å². The van der Waals surface area contributed by atoms with E-state index in [0.29, 0.717) is 5.56 Å². The van der Waals surface area contributed by atoms with Crippen LogP contribution in [0.5, 0.6) is 0 Å². The second kappa shape index (κ2) is 6.26. The molecule has 0 aliphatic carbocycles. The molecule has 3 nitrogen and oxygen atoms in total. The van der Waals surface area contributed by atoms with Crippen LogP contribution >= 0.6 is 27.5 Å². The summed E-state index contributed by atoms with van der Waals surface area (Å²) >= 11 is 8.98. The standard InChI is InChI=1S/C10H9BrClF2NO2/c1-2-17-10(16)8-7(12)5(4-11)3-6(15-8)9(13)14/h3,9H,2,4H2,1H3. The minimum atomic E-state index is -2.77. The SMILES string of the molecule is CCOC(=O)c1nc(C(F)F)cc(CBr)c1Cl. The number of hydrogen-bond donors (Lipinski definition) is 0. The summed E-state index contributed by atoms with van der Waals surface area (Å²) in [6, 6.07) is 1.16. The Morgan fingerprint density at radius 2 is 2.29 bits per heavy atom. The molecule has 1 heterocycles. The summed E-state index contributed by atoms with van der Waals surface area (Å²) in [5.41, 5.74) is -0.396. The third-order valence-corrected chi connectivity index (χ3v) is 2.92. The van der Waals surface area contributed by atoms with E-state index in [1.807, 2.05) is 0 Å². The van der Waals surface area contributed by atoms with Gasteiger partial charge in [-0.25, -0.2) is 18.6 Å². The summed E-state index contributed by atoms with van der Waals surface area (Å²) < 4.78 is 29.8. The van der Waals surface area contributed by atoms with Crippen molar-refractivity contribution in [1.82, 2.24) is 4.98 Å². The molecule has 0 radical (unpaired) electrons. The summed E-state index contributed by atoms with van der Waals surface area (Å²) in [6.07, 6.45) is -2.77. The van der Waals surface area contributed by atoms with Crippen LogP contribution < -0.4 is 0 Å². The average Bonchev–Trinajstić information content (AvgIpc) is 2.29. The van der Waals surface area contributed by atoms with Crippen LogP contribution in [0.4, 0.5) is 8.78 Å².